The summed E-state index contributed by atoms with van der Waals surface area (Å²) in [6.45, 7) is 10.8. The highest BCUT2D eigenvalue weighted by Crippen LogP contribution is 2.09. The monoisotopic (exact) mass is 290 g/mol. The first-order valence-electron chi connectivity index (χ1n) is 5.66. The van der Waals surface area contributed by atoms with E-state index in [4.69, 9.17) is 4.74 Å². The van der Waals surface area contributed by atoms with Crippen LogP contribution in [0.3, 0.4) is 0 Å². The van der Waals surface area contributed by atoms with Crippen molar-refractivity contribution >= 4 is 18.3 Å². The van der Waals surface area contributed by atoms with Crippen molar-refractivity contribution in [2.45, 2.75) is 46.5 Å². The van der Waals surface area contributed by atoms with Crippen LogP contribution < -0.4 is 0 Å². The number of carbonyl (C=O) groups is 3. The first kappa shape index (κ1) is 17.9. The third kappa shape index (κ3) is 8.92. The highest BCUT2D eigenvalue weighted by molar-refractivity contribution is 5.86. The van der Waals surface area contributed by atoms with Gasteiger partial charge in [-0.2, -0.15) is 0 Å². The topological polar surface area (TPSA) is 97.4 Å². The maximum Gasteiger partial charge on any atom is 0.521 e. The van der Waals surface area contributed by atoms with Crippen LogP contribution in [-0.2, 0) is 28.8 Å². The molecule has 0 amide bonds. The van der Waals surface area contributed by atoms with Gasteiger partial charge < -0.3 is 14.2 Å². The van der Waals surface area contributed by atoms with Crippen LogP contribution in [0, 0.1) is 0 Å². The summed E-state index contributed by atoms with van der Waals surface area (Å²) in [5, 5.41) is 0. The molecule has 8 heteroatoms. The first-order chi connectivity index (χ1) is 9.01. The second kappa shape index (κ2) is 7.49. The highest BCUT2D eigenvalue weighted by atomic mass is 17.2. The number of rotatable bonds is 4. The van der Waals surface area contributed by atoms with Crippen LogP contribution in [0.1, 0.15) is 34.6 Å². The van der Waals surface area contributed by atoms with E-state index in [1.807, 2.05) is 0 Å². The summed E-state index contributed by atoms with van der Waals surface area (Å²) in [5.41, 5.74) is -0.704. The van der Waals surface area contributed by atoms with Gasteiger partial charge in [0, 0.05) is 12.5 Å². The van der Waals surface area contributed by atoms with Gasteiger partial charge in [0.15, 0.2) is 0 Å². The Hall–Kier alpha value is -2.09. The summed E-state index contributed by atoms with van der Waals surface area (Å²) in [5.74, 6) is -0.819. The zero-order valence-electron chi connectivity index (χ0n) is 12.1. The number of carbonyl (C=O) groups excluding carboxylic acids is 3. The molecule has 0 saturated heterocycles. The molecule has 114 valence electrons. The summed E-state index contributed by atoms with van der Waals surface area (Å²) < 4.78 is 13.4. The Bertz CT molecular complexity index is 393. The minimum Gasteiger partial charge on any atom is -0.428 e. The van der Waals surface area contributed by atoms with E-state index in [-0.39, 0.29) is 5.57 Å². The summed E-state index contributed by atoms with van der Waals surface area (Å²) in [7, 11) is 0. The van der Waals surface area contributed by atoms with Crippen LogP contribution in [0.4, 0.5) is 9.59 Å². The van der Waals surface area contributed by atoms with Crippen LogP contribution in [0.5, 0.6) is 0 Å². The molecule has 20 heavy (non-hydrogen) atoms. The quantitative estimate of drug-likeness (QED) is 0.194. The fourth-order valence-corrected chi connectivity index (χ4v) is 0.701. The minimum atomic E-state index is -1.35. The molecule has 0 N–H and O–H groups in total. The lowest BCUT2D eigenvalue weighted by Crippen LogP contribution is -2.28. The van der Waals surface area contributed by atoms with Gasteiger partial charge in [-0.15, -0.1) is 4.89 Å². The lowest BCUT2D eigenvalue weighted by atomic mass is 10.2. The van der Waals surface area contributed by atoms with Gasteiger partial charge in [0.1, 0.15) is 5.60 Å². The zero-order valence-corrected chi connectivity index (χ0v) is 12.1. The number of ether oxygens (including phenoxy) is 3. The van der Waals surface area contributed by atoms with Crippen molar-refractivity contribution in [1.29, 1.82) is 0 Å². The van der Waals surface area contributed by atoms with Crippen LogP contribution in [0.2, 0.25) is 0 Å². The zero-order chi connectivity index (χ0) is 15.9. The maximum absolute atomic E-state index is 11.1. The van der Waals surface area contributed by atoms with Gasteiger partial charge in [0.25, 0.3) is 0 Å². The summed E-state index contributed by atoms with van der Waals surface area (Å²) >= 11 is 0. The van der Waals surface area contributed by atoms with Gasteiger partial charge in [-0.1, -0.05) is 6.58 Å². The lowest BCUT2D eigenvalue weighted by Gasteiger charge is -2.18. The molecule has 0 aliphatic rings. The van der Waals surface area contributed by atoms with E-state index in [9.17, 15) is 14.4 Å². The number of hydrogen-bond acceptors (Lipinski definition) is 8. The standard InChI is InChI=1S/C12H18O8/c1-7(2)9(13)20-19-8(3)16-10(14)17-11(15)18-12(4,5)6/h8H,1H2,2-6H3. The minimum absolute atomic E-state index is 0.105. The van der Waals surface area contributed by atoms with E-state index in [0.717, 1.165) is 0 Å². The summed E-state index contributed by atoms with van der Waals surface area (Å²) in [6, 6.07) is 0. The predicted octanol–water partition coefficient (Wildman–Crippen LogP) is 2.47. The van der Waals surface area contributed by atoms with Crippen molar-refractivity contribution in [1.82, 2.24) is 0 Å². The lowest BCUT2D eigenvalue weighted by molar-refractivity contribution is -0.334. The van der Waals surface area contributed by atoms with Crippen LogP contribution in [0.25, 0.3) is 0 Å². The molecule has 0 heterocycles. The van der Waals surface area contributed by atoms with Crippen molar-refractivity contribution in [3.05, 3.63) is 12.2 Å². The van der Waals surface area contributed by atoms with Gasteiger partial charge in [-0.05, 0) is 27.7 Å². The van der Waals surface area contributed by atoms with Crippen molar-refractivity contribution in [3.63, 3.8) is 0 Å². The third-order valence-corrected chi connectivity index (χ3v) is 1.43. The third-order valence-electron chi connectivity index (χ3n) is 1.43. The Kier molecular flexibility index (Phi) is 6.70. The van der Waals surface area contributed by atoms with Gasteiger partial charge in [-0.25, -0.2) is 14.4 Å². The molecule has 0 aromatic carbocycles. The second-order valence-electron chi connectivity index (χ2n) is 4.75. The Morgan fingerprint density at radius 2 is 1.65 bits per heavy atom. The molecule has 0 aromatic heterocycles. The molecule has 0 saturated carbocycles. The van der Waals surface area contributed by atoms with Gasteiger partial charge in [0.05, 0.1) is 0 Å². The first-order valence-corrected chi connectivity index (χ1v) is 5.66. The number of hydrogen-bond donors (Lipinski definition) is 0. The van der Waals surface area contributed by atoms with E-state index in [0.29, 0.717) is 0 Å². The van der Waals surface area contributed by atoms with E-state index >= 15 is 0 Å². The Morgan fingerprint density at radius 1 is 1.10 bits per heavy atom. The van der Waals surface area contributed by atoms with E-state index in [2.05, 4.69) is 25.8 Å². The largest absolute Gasteiger partial charge is 0.521 e. The van der Waals surface area contributed by atoms with Crippen molar-refractivity contribution in [2.75, 3.05) is 0 Å². The summed E-state index contributed by atoms with van der Waals surface area (Å²) in [4.78, 5) is 41.9. The van der Waals surface area contributed by atoms with E-state index in [1.54, 1.807) is 20.8 Å². The fourth-order valence-electron chi connectivity index (χ4n) is 0.701. The molecule has 0 rings (SSSR count). The molecule has 0 bridgehead atoms. The van der Waals surface area contributed by atoms with Crippen LogP contribution >= 0.6 is 0 Å². The van der Waals surface area contributed by atoms with Crippen molar-refractivity contribution < 1.29 is 38.4 Å². The fraction of sp³-hybridized carbons (Fsp3) is 0.583. The molecule has 1 unspecified atom stereocenters. The van der Waals surface area contributed by atoms with E-state index in [1.165, 1.54) is 13.8 Å². The molecule has 0 aliphatic carbocycles. The molecule has 8 nitrogen and oxygen atoms in total. The Balaban J connectivity index is 4.05. The molecule has 0 fully saturated rings. The average Bonchev–Trinajstić information content (AvgIpc) is 2.22. The molecule has 0 aromatic rings. The molecule has 0 aliphatic heterocycles. The van der Waals surface area contributed by atoms with Crippen LogP contribution in [0.15, 0.2) is 12.2 Å². The molecule has 0 radical (unpaired) electrons. The van der Waals surface area contributed by atoms with Crippen molar-refractivity contribution in [3.8, 4) is 0 Å². The van der Waals surface area contributed by atoms with Crippen LogP contribution in [-0.4, -0.2) is 30.2 Å². The van der Waals surface area contributed by atoms with Gasteiger partial charge in [0.2, 0.25) is 6.29 Å². The average molecular weight is 290 g/mol. The SMILES string of the molecule is C=C(C)C(=O)OOC(C)OC(=O)OC(=O)OC(C)(C)C. The normalized spacial score (nSPS) is 12.1. The highest BCUT2D eigenvalue weighted by Gasteiger charge is 2.23. The van der Waals surface area contributed by atoms with E-state index < -0.39 is 30.2 Å². The Morgan fingerprint density at radius 3 is 2.10 bits per heavy atom. The van der Waals surface area contributed by atoms with Gasteiger partial charge in [-0.3, -0.25) is 4.89 Å². The molecule has 1 atom stereocenters. The molecular weight excluding hydrogens is 272 g/mol. The second-order valence-corrected chi connectivity index (χ2v) is 4.75. The maximum atomic E-state index is 11.1. The predicted molar refractivity (Wildman–Crippen MR) is 65.3 cm³/mol. The Labute approximate surface area is 116 Å². The molecular formula is C12H18O8. The van der Waals surface area contributed by atoms with Gasteiger partial charge >= 0.3 is 18.3 Å². The smallest absolute Gasteiger partial charge is 0.428 e. The van der Waals surface area contributed by atoms with Crippen molar-refractivity contribution in [2.24, 2.45) is 0 Å². The molecule has 0 spiro atoms. The summed E-state index contributed by atoms with van der Waals surface area (Å²) in [6.07, 6.45) is -3.83.